The van der Waals surface area contributed by atoms with Gasteiger partial charge in [0.25, 0.3) is 0 Å². The predicted octanol–water partition coefficient (Wildman–Crippen LogP) is 2.21. The van der Waals surface area contributed by atoms with Gasteiger partial charge in [-0.2, -0.15) is 0 Å². The van der Waals surface area contributed by atoms with Crippen molar-refractivity contribution in [2.24, 2.45) is 11.1 Å². The molecule has 1 aromatic carbocycles. The number of ether oxygens (including phenoxy) is 1. The number of carboxylic acid groups (broad SMARTS) is 1. The zero-order valence-corrected chi connectivity index (χ0v) is 11.1. The quantitative estimate of drug-likeness (QED) is 0.825. The molecule has 4 heteroatoms. The normalized spacial score (nSPS) is 17.3. The number of nitrogens with two attached hydrogens (primary N) is 1. The molecule has 104 valence electrons. The van der Waals surface area contributed by atoms with Gasteiger partial charge in [-0.05, 0) is 18.9 Å². The Morgan fingerprint density at radius 3 is 2.63 bits per heavy atom. The first kappa shape index (κ1) is 13.9. The van der Waals surface area contributed by atoms with Crippen molar-refractivity contribution in [1.82, 2.24) is 0 Å². The molecule has 0 aliphatic heterocycles. The highest BCUT2D eigenvalue weighted by molar-refractivity contribution is 5.71. The number of carboxylic acids is 1. The summed E-state index contributed by atoms with van der Waals surface area (Å²) < 4.78 is 5.87. The van der Waals surface area contributed by atoms with E-state index in [1.165, 1.54) is 12.8 Å². The summed E-state index contributed by atoms with van der Waals surface area (Å²) >= 11 is 0. The molecule has 1 fully saturated rings. The molecule has 1 aliphatic rings. The average molecular weight is 263 g/mol. The Labute approximate surface area is 113 Å². The van der Waals surface area contributed by atoms with Gasteiger partial charge in [-0.3, -0.25) is 4.79 Å². The van der Waals surface area contributed by atoms with Gasteiger partial charge in [0.15, 0.2) is 0 Å². The second kappa shape index (κ2) is 6.06. The Balaban J connectivity index is 2.04. The van der Waals surface area contributed by atoms with Crippen LogP contribution in [-0.4, -0.2) is 24.2 Å². The lowest BCUT2D eigenvalue weighted by Crippen LogP contribution is -2.33. The van der Waals surface area contributed by atoms with Crippen LogP contribution in [0.1, 0.15) is 31.2 Å². The second-order valence-corrected chi connectivity index (χ2v) is 5.38. The summed E-state index contributed by atoms with van der Waals surface area (Å²) in [5.74, 6) is -0.171. The number of hydrogen-bond donors (Lipinski definition) is 2. The number of rotatable bonds is 6. The molecule has 0 aromatic heterocycles. The Bertz CT molecular complexity index is 439. The van der Waals surface area contributed by atoms with E-state index in [2.05, 4.69) is 0 Å². The first-order chi connectivity index (χ1) is 9.15. The van der Waals surface area contributed by atoms with Gasteiger partial charge in [-0.15, -0.1) is 0 Å². The summed E-state index contributed by atoms with van der Waals surface area (Å²) in [4.78, 5) is 10.8. The molecule has 3 N–H and O–H groups in total. The molecule has 0 atom stereocenters. The van der Waals surface area contributed by atoms with Crippen molar-refractivity contribution in [2.45, 2.75) is 32.1 Å². The third kappa shape index (κ3) is 3.47. The largest absolute Gasteiger partial charge is 0.493 e. The Hall–Kier alpha value is -1.55. The SMILES string of the molecule is NCC1(COc2ccccc2CC(=O)O)CCCC1. The summed E-state index contributed by atoms with van der Waals surface area (Å²) in [5, 5.41) is 8.89. The summed E-state index contributed by atoms with van der Waals surface area (Å²) in [5.41, 5.74) is 6.68. The van der Waals surface area contributed by atoms with Gasteiger partial charge in [0.2, 0.25) is 0 Å². The van der Waals surface area contributed by atoms with E-state index >= 15 is 0 Å². The Morgan fingerprint density at radius 1 is 1.32 bits per heavy atom. The van der Waals surface area contributed by atoms with E-state index in [4.69, 9.17) is 15.6 Å². The lowest BCUT2D eigenvalue weighted by Gasteiger charge is -2.27. The lowest BCUT2D eigenvalue weighted by molar-refractivity contribution is -0.136. The van der Waals surface area contributed by atoms with Gasteiger partial charge in [-0.25, -0.2) is 0 Å². The highest BCUT2D eigenvalue weighted by atomic mass is 16.5. The number of para-hydroxylation sites is 1. The highest BCUT2D eigenvalue weighted by Gasteiger charge is 2.33. The van der Waals surface area contributed by atoms with E-state index in [-0.39, 0.29) is 11.8 Å². The van der Waals surface area contributed by atoms with Crippen LogP contribution in [0.3, 0.4) is 0 Å². The van der Waals surface area contributed by atoms with Crippen molar-refractivity contribution in [2.75, 3.05) is 13.2 Å². The molecule has 1 aromatic rings. The van der Waals surface area contributed by atoms with Gasteiger partial charge < -0.3 is 15.6 Å². The molecule has 19 heavy (non-hydrogen) atoms. The first-order valence-electron chi connectivity index (χ1n) is 6.78. The van der Waals surface area contributed by atoms with E-state index < -0.39 is 5.97 Å². The maximum atomic E-state index is 10.8. The summed E-state index contributed by atoms with van der Waals surface area (Å²) in [7, 11) is 0. The summed E-state index contributed by atoms with van der Waals surface area (Å²) in [6.07, 6.45) is 4.61. The minimum Gasteiger partial charge on any atom is -0.493 e. The number of hydrogen-bond acceptors (Lipinski definition) is 3. The van der Waals surface area contributed by atoms with E-state index in [9.17, 15) is 4.79 Å². The third-order valence-electron chi connectivity index (χ3n) is 3.95. The van der Waals surface area contributed by atoms with Crippen LogP contribution in [0.25, 0.3) is 0 Å². The Kier molecular flexibility index (Phi) is 4.43. The van der Waals surface area contributed by atoms with E-state index in [0.29, 0.717) is 18.9 Å². The topological polar surface area (TPSA) is 72.5 Å². The molecule has 0 saturated heterocycles. The van der Waals surface area contributed by atoms with Crippen LogP contribution < -0.4 is 10.5 Å². The molecular weight excluding hydrogens is 242 g/mol. The number of benzene rings is 1. The van der Waals surface area contributed by atoms with Crippen LogP contribution in [-0.2, 0) is 11.2 Å². The van der Waals surface area contributed by atoms with Gasteiger partial charge >= 0.3 is 5.97 Å². The van der Waals surface area contributed by atoms with Gasteiger partial charge in [0, 0.05) is 17.5 Å². The van der Waals surface area contributed by atoms with E-state index in [0.717, 1.165) is 18.4 Å². The highest BCUT2D eigenvalue weighted by Crippen LogP contribution is 2.37. The van der Waals surface area contributed by atoms with Crippen molar-refractivity contribution in [1.29, 1.82) is 0 Å². The Morgan fingerprint density at radius 2 is 2.00 bits per heavy atom. The second-order valence-electron chi connectivity index (χ2n) is 5.38. The molecule has 0 radical (unpaired) electrons. The maximum Gasteiger partial charge on any atom is 0.307 e. The van der Waals surface area contributed by atoms with Crippen LogP contribution in [0.15, 0.2) is 24.3 Å². The fourth-order valence-corrected chi connectivity index (χ4v) is 2.72. The van der Waals surface area contributed by atoms with Crippen LogP contribution in [0, 0.1) is 5.41 Å². The van der Waals surface area contributed by atoms with Gasteiger partial charge in [0.1, 0.15) is 5.75 Å². The monoisotopic (exact) mass is 263 g/mol. The van der Waals surface area contributed by atoms with Crippen LogP contribution in [0.5, 0.6) is 5.75 Å². The van der Waals surface area contributed by atoms with Crippen LogP contribution in [0.4, 0.5) is 0 Å². The molecule has 0 unspecified atom stereocenters. The number of aliphatic carboxylic acids is 1. The molecule has 1 aliphatic carbocycles. The third-order valence-corrected chi connectivity index (χ3v) is 3.95. The summed E-state index contributed by atoms with van der Waals surface area (Å²) in [6, 6.07) is 7.33. The van der Waals surface area contributed by atoms with Crippen molar-refractivity contribution in [3.8, 4) is 5.75 Å². The van der Waals surface area contributed by atoms with Crippen LogP contribution in [0.2, 0.25) is 0 Å². The van der Waals surface area contributed by atoms with Crippen molar-refractivity contribution in [3.63, 3.8) is 0 Å². The molecular formula is C15H21NO3. The molecule has 0 amide bonds. The molecule has 0 bridgehead atoms. The zero-order valence-electron chi connectivity index (χ0n) is 11.1. The number of carbonyl (C=O) groups is 1. The lowest BCUT2D eigenvalue weighted by atomic mass is 9.87. The van der Waals surface area contributed by atoms with Crippen LogP contribution >= 0.6 is 0 Å². The smallest absolute Gasteiger partial charge is 0.307 e. The van der Waals surface area contributed by atoms with Gasteiger partial charge in [0.05, 0.1) is 13.0 Å². The molecule has 1 saturated carbocycles. The molecule has 4 nitrogen and oxygen atoms in total. The minimum atomic E-state index is -0.842. The van der Waals surface area contributed by atoms with Crippen molar-refractivity contribution in [3.05, 3.63) is 29.8 Å². The first-order valence-corrected chi connectivity index (χ1v) is 6.78. The van der Waals surface area contributed by atoms with Crippen molar-refractivity contribution >= 4 is 5.97 Å². The molecule has 0 heterocycles. The van der Waals surface area contributed by atoms with Crippen molar-refractivity contribution < 1.29 is 14.6 Å². The molecule has 0 spiro atoms. The standard InChI is InChI=1S/C15H21NO3/c16-10-15(7-3-4-8-15)11-19-13-6-2-1-5-12(13)9-14(17)18/h1-2,5-6H,3-4,7-11,16H2,(H,17,18). The molecule has 2 rings (SSSR count). The zero-order chi connectivity index (χ0) is 13.7. The maximum absolute atomic E-state index is 10.8. The van der Waals surface area contributed by atoms with E-state index in [1.807, 2.05) is 18.2 Å². The van der Waals surface area contributed by atoms with Gasteiger partial charge in [-0.1, -0.05) is 31.0 Å². The predicted molar refractivity (Wildman–Crippen MR) is 73.2 cm³/mol. The van der Waals surface area contributed by atoms with E-state index in [1.54, 1.807) is 6.07 Å². The minimum absolute atomic E-state index is 0.00814. The fourth-order valence-electron chi connectivity index (χ4n) is 2.72. The fraction of sp³-hybridized carbons (Fsp3) is 0.533. The summed E-state index contributed by atoms with van der Waals surface area (Å²) in [6.45, 7) is 1.22. The average Bonchev–Trinajstić information content (AvgIpc) is 2.87.